The van der Waals surface area contributed by atoms with Crippen LogP contribution in [0.5, 0.6) is 0 Å². The van der Waals surface area contributed by atoms with Gasteiger partial charge >= 0.3 is 0 Å². The molecule has 1 amide bonds. The lowest BCUT2D eigenvalue weighted by Crippen LogP contribution is -2.44. The summed E-state index contributed by atoms with van der Waals surface area (Å²) in [6.45, 7) is 0. The summed E-state index contributed by atoms with van der Waals surface area (Å²) in [5.74, 6) is 1.36. The lowest BCUT2D eigenvalue weighted by Gasteiger charge is -2.32. The van der Waals surface area contributed by atoms with Crippen LogP contribution in [-0.2, 0) is 11.8 Å². The first-order valence-electron chi connectivity index (χ1n) is 8.17. The van der Waals surface area contributed by atoms with Gasteiger partial charge < -0.3 is 10.6 Å². The van der Waals surface area contributed by atoms with E-state index in [1.54, 1.807) is 4.68 Å². The van der Waals surface area contributed by atoms with Crippen LogP contribution in [0.4, 0.5) is 5.82 Å². The molecule has 3 rings (SSSR count). The second kappa shape index (κ2) is 6.39. The zero-order chi connectivity index (χ0) is 15.5. The minimum atomic E-state index is -0.00104. The fourth-order valence-corrected chi connectivity index (χ4v) is 3.47. The Balaban J connectivity index is 1.57. The van der Waals surface area contributed by atoms with E-state index in [2.05, 4.69) is 15.7 Å². The van der Waals surface area contributed by atoms with E-state index in [9.17, 15) is 4.79 Å². The third-order valence-electron chi connectivity index (χ3n) is 4.95. The second-order valence-electron chi connectivity index (χ2n) is 6.52. The monoisotopic (exact) mass is 301 g/mol. The van der Waals surface area contributed by atoms with Gasteiger partial charge in [0.05, 0.1) is 5.69 Å². The molecule has 0 spiro atoms. The van der Waals surface area contributed by atoms with Gasteiger partial charge in [0.2, 0.25) is 5.91 Å². The van der Waals surface area contributed by atoms with Crippen molar-refractivity contribution in [2.45, 2.75) is 56.9 Å². The Bertz CT molecular complexity index is 576. The third-order valence-corrected chi connectivity index (χ3v) is 4.95. The molecule has 2 fully saturated rings. The number of nitrogens with zero attached hydrogens (tertiary/aromatic N) is 3. The maximum absolute atomic E-state index is 12.2. The molecule has 6 nitrogen and oxygen atoms in total. The van der Waals surface area contributed by atoms with Crippen LogP contribution in [0.1, 0.15) is 56.6 Å². The Kier molecular flexibility index (Phi) is 4.32. The highest BCUT2D eigenvalue weighted by molar-refractivity contribution is 5.92. The minimum Gasteiger partial charge on any atom is -0.321 e. The van der Waals surface area contributed by atoms with Crippen LogP contribution in [-0.4, -0.2) is 21.7 Å². The molecule has 0 bridgehead atoms. The quantitative estimate of drug-likeness (QED) is 0.660. The summed E-state index contributed by atoms with van der Waals surface area (Å²) >= 11 is 0. The number of amides is 1. The van der Waals surface area contributed by atoms with E-state index in [1.165, 1.54) is 32.1 Å². The Labute approximate surface area is 130 Å². The number of nitriles is 1. The van der Waals surface area contributed by atoms with Crippen LogP contribution >= 0.6 is 0 Å². The summed E-state index contributed by atoms with van der Waals surface area (Å²) in [7, 11) is 1.88. The van der Waals surface area contributed by atoms with Crippen molar-refractivity contribution in [2.24, 2.45) is 13.0 Å². The molecule has 1 aromatic rings. The molecule has 0 atom stereocenters. The van der Waals surface area contributed by atoms with E-state index >= 15 is 0 Å². The van der Waals surface area contributed by atoms with Gasteiger partial charge in [0, 0.05) is 31.0 Å². The molecule has 2 saturated carbocycles. The van der Waals surface area contributed by atoms with Gasteiger partial charge in [-0.05, 0) is 25.7 Å². The molecular formula is C16H23N5O. The van der Waals surface area contributed by atoms with Gasteiger partial charge in [-0.3, -0.25) is 9.48 Å². The molecular weight excluding hydrogens is 278 g/mol. The molecule has 2 aliphatic rings. The van der Waals surface area contributed by atoms with Crippen LogP contribution < -0.4 is 10.6 Å². The second-order valence-corrected chi connectivity index (χ2v) is 6.52. The normalized spacial score (nSPS) is 25.1. The standard InChI is InChI=1S/C16H23N5O/c1-21-15(9-14(20-21)11-5-3-2-4-6-11)19-16(22)12-7-13(8-12)18-10-17/h9,11-13,18H,2-8H2,1H3,(H,19,22). The lowest BCUT2D eigenvalue weighted by molar-refractivity contribution is -0.122. The predicted octanol–water partition coefficient (Wildman–Crippen LogP) is 2.26. The summed E-state index contributed by atoms with van der Waals surface area (Å²) in [5, 5.41) is 18.8. The maximum Gasteiger partial charge on any atom is 0.228 e. The van der Waals surface area contributed by atoms with Gasteiger partial charge in [0.25, 0.3) is 0 Å². The molecule has 118 valence electrons. The summed E-state index contributed by atoms with van der Waals surface area (Å²) < 4.78 is 1.77. The highest BCUT2D eigenvalue weighted by atomic mass is 16.2. The average Bonchev–Trinajstić information content (AvgIpc) is 2.84. The zero-order valence-corrected chi connectivity index (χ0v) is 13.0. The number of rotatable bonds is 4. The molecule has 22 heavy (non-hydrogen) atoms. The average molecular weight is 301 g/mol. The van der Waals surface area contributed by atoms with Crippen LogP contribution in [0.3, 0.4) is 0 Å². The van der Waals surface area contributed by atoms with Gasteiger partial charge in [0.1, 0.15) is 5.82 Å². The predicted molar refractivity (Wildman–Crippen MR) is 82.9 cm³/mol. The molecule has 2 N–H and O–H groups in total. The highest BCUT2D eigenvalue weighted by Gasteiger charge is 2.34. The largest absolute Gasteiger partial charge is 0.321 e. The molecule has 0 radical (unpaired) electrons. The summed E-state index contributed by atoms with van der Waals surface area (Å²) in [6, 6.07) is 2.18. The number of carbonyl (C=O) groups excluding carboxylic acids is 1. The summed E-state index contributed by atoms with van der Waals surface area (Å²) in [4.78, 5) is 12.2. The summed E-state index contributed by atoms with van der Waals surface area (Å²) in [5.41, 5.74) is 1.11. The van der Waals surface area contributed by atoms with Crippen molar-refractivity contribution < 1.29 is 4.79 Å². The van der Waals surface area contributed by atoms with Crippen molar-refractivity contribution >= 4 is 11.7 Å². The van der Waals surface area contributed by atoms with Gasteiger partial charge in [-0.15, -0.1) is 0 Å². The molecule has 1 aromatic heterocycles. The van der Waals surface area contributed by atoms with Crippen LogP contribution in [0.25, 0.3) is 0 Å². The molecule has 0 aromatic carbocycles. The van der Waals surface area contributed by atoms with Crippen LogP contribution in [0, 0.1) is 17.4 Å². The Hall–Kier alpha value is -2.03. The SMILES string of the molecule is Cn1nc(C2CCCCC2)cc1NC(=O)C1CC(NC#N)C1. The fourth-order valence-electron chi connectivity index (χ4n) is 3.47. The Morgan fingerprint density at radius 3 is 2.77 bits per heavy atom. The number of carbonyl (C=O) groups is 1. The van der Waals surface area contributed by atoms with Crippen LogP contribution in [0.15, 0.2) is 6.07 Å². The number of anilines is 1. The number of nitrogens with one attached hydrogen (secondary N) is 2. The van der Waals surface area contributed by atoms with Crippen molar-refractivity contribution in [3.05, 3.63) is 11.8 Å². The summed E-state index contributed by atoms with van der Waals surface area (Å²) in [6.07, 6.45) is 9.67. The van der Waals surface area contributed by atoms with E-state index in [4.69, 9.17) is 5.26 Å². The van der Waals surface area contributed by atoms with Gasteiger partial charge in [-0.1, -0.05) is 19.3 Å². The lowest BCUT2D eigenvalue weighted by atomic mass is 9.80. The number of hydrogen-bond acceptors (Lipinski definition) is 4. The van der Waals surface area contributed by atoms with Gasteiger partial charge in [0.15, 0.2) is 6.19 Å². The number of hydrogen-bond donors (Lipinski definition) is 2. The maximum atomic E-state index is 12.2. The fraction of sp³-hybridized carbons (Fsp3) is 0.688. The molecule has 0 unspecified atom stereocenters. The number of aromatic nitrogens is 2. The van der Waals surface area contributed by atoms with E-state index in [-0.39, 0.29) is 17.9 Å². The highest BCUT2D eigenvalue weighted by Crippen LogP contribution is 2.33. The topological polar surface area (TPSA) is 82.7 Å². The molecule has 6 heteroatoms. The molecule has 1 heterocycles. The van der Waals surface area contributed by atoms with E-state index in [0.717, 1.165) is 24.4 Å². The Morgan fingerprint density at radius 2 is 2.09 bits per heavy atom. The molecule has 2 aliphatic carbocycles. The zero-order valence-electron chi connectivity index (χ0n) is 13.0. The third kappa shape index (κ3) is 3.08. The molecule has 0 saturated heterocycles. The molecule has 0 aliphatic heterocycles. The van der Waals surface area contributed by atoms with Crippen molar-refractivity contribution in [3.8, 4) is 6.19 Å². The van der Waals surface area contributed by atoms with Crippen molar-refractivity contribution in [1.29, 1.82) is 5.26 Å². The Morgan fingerprint density at radius 1 is 1.36 bits per heavy atom. The van der Waals surface area contributed by atoms with Crippen molar-refractivity contribution in [3.63, 3.8) is 0 Å². The first kappa shape index (κ1) is 14.9. The van der Waals surface area contributed by atoms with E-state index < -0.39 is 0 Å². The van der Waals surface area contributed by atoms with Crippen molar-refractivity contribution in [1.82, 2.24) is 15.1 Å². The first-order chi connectivity index (χ1) is 10.7. The smallest absolute Gasteiger partial charge is 0.228 e. The number of aryl methyl sites for hydroxylation is 1. The van der Waals surface area contributed by atoms with E-state index in [0.29, 0.717) is 5.92 Å². The van der Waals surface area contributed by atoms with Gasteiger partial charge in [-0.25, -0.2) is 0 Å². The first-order valence-corrected chi connectivity index (χ1v) is 8.17. The van der Waals surface area contributed by atoms with E-state index in [1.807, 2.05) is 19.3 Å². The van der Waals surface area contributed by atoms with Gasteiger partial charge in [-0.2, -0.15) is 10.4 Å². The van der Waals surface area contributed by atoms with Crippen molar-refractivity contribution in [2.75, 3.05) is 5.32 Å². The van der Waals surface area contributed by atoms with Crippen LogP contribution in [0.2, 0.25) is 0 Å². The minimum absolute atomic E-state index is 0.00104.